The molecule has 0 N–H and O–H groups in total. The molecular weight excluding hydrogens is 663 g/mol. The fraction of sp³-hybridized carbons (Fsp3) is 0.259. The molecule has 0 bridgehead atoms. The zero-order valence-corrected chi connectivity index (χ0v) is 34.0. The van der Waals surface area contributed by atoms with Gasteiger partial charge in [-0.2, -0.15) is 0 Å². The van der Waals surface area contributed by atoms with Gasteiger partial charge >= 0.3 is 0 Å². The molecular formula is C54H53N. The third kappa shape index (κ3) is 5.91. The third-order valence-corrected chi connectivity index (χ3v) is 12.3. The molecule has 0 amide bonds. The highest BCUT2D eigenvalue weighted by molar-refractivity contribution is 6.21. The molecule has 9 rings (SSSR count). The molecule has 0 saturated heterocycles. The molecule has 0 fully saturated rings. The fourth-order valence-electron chi connectivity index (χ4n) is 9.22. The highest BCUT2D eigenvalue weighted by atomic mass is 15.1. The summed E-state index contributed by atoms with van der Waals surface area (Å²) < 4.78 is 0. The van der Waals surface area contributed by atoms with Crippen LogP contribution in [-0.2, 0) is 10.8 Å². The number of hydrogen-bond acceptors (Lipinski definition) is 1. The summed E-state index contributed by atoms with van der Waals surface area (Å²) in [7, 11) is 0. The number of benzene rings is 5. The topological polar surface area (TPSA) is 3.24 Å². The van der Waals surface area contributed by atoms with Crippen molar-refractivity contribution in [2.45, 2.75) is 73.1 Å². The quantitative estimate of drug-likeness (QED) is 0.167. The maximum atomic E-state index is 2.50. The van der Waals surface area contributed by atoms with Gasteiger partial charge in [0, 0.05) is 34.0 Å². The first kappa shape index (κ1) is 35.3. The molecule has 5 aromatic carbocycles. The van der Waals surface area contributed by atoms with Crippen LogP contribution in [0, 0.1) is 17.3 Å². The van der Waals surface area contributed by atoms with Crippen LogP contribution in [0.3, 0.4) is 0 Å². The Balaban J connectivity index is 1.29. The van der Waals surface area contributed by atoms with Gasteiger partial charge < -0.3 is 4.90 Å². The molecule has 0 aromatic heterocycles. The van der Waals surface area contributed by atoms with Crippen molar-refractivity contribution in [2.75, 3.05) is 4.90 Å². The van der Waals surface area contributed by atoms with E-state index in [1.54, 1.807) is 0 Å². The van der Waals surface area contributed by atoms with Crippen molar-refractivity contribution in [3.05, 3.63) is 190 Å². The fourth-order valence-corrected chi connectivity index (χ4v) is 9.22. The zero-order chi connectivity index (χ0) is 38.4. The average Bonchev–Trinajstić information content (AvgIpc) is 3.16. The van der Waals surface area contributed by atoms with Crippen LogP contribution in [0.2, 0.25) is 0 Å². The summed E-state index contributed by atoms with van der Waals surface area (Å²) in [5.74, 6) is 0.635. The highest BCUT2D eigenvalue weighted by Gasteiger charge is 2.41. The average molecular weight is 716 g/mol. The monoisotopic (exact) mass is 715 g/mol. The van der Waals surface area contributed by atoms with Gasteiger partial charge in [0.25, 0.3) is 0 Å². The second-order valence-electron chi connectivity index (χ2n) is 19.1. The minimum Gasteiger partial charge on any atom is -0.309 e. The van der Waals surface area contributed by atoms with E-state index in [2.05, 4.69) is 213 Å². The Morgan fingerprint density at radius 1 is 0.436 bits per heavy atom. The van der Waals surface area contributed by atoms with Gasteiger partial charge in [0.05, 0.1) is 5.69 Å². The first-order valence-corrected chi connectivity index (χ1v) is 20.1. The van der Waals surface area contributed by atoms with Gasteiger partial charge in [0.15, 0.2) is 0 Å². The van der Waals surface area contributed by atoms with Gasteiger partial charge in [-0.1, -0.05) is 184 Å². The summed E-state index contributed by atoms with van der Waals surface area (Å²) in [4.78, 5) is 2.50. The number of fused-ring (bicyclic) bond motifs is 2. The van der Waals surface area contributed by atoms with Gasteiger partial charge in [0.1, 0.15) is 0 Å². The van der Waals surface area contributed by atoms with Crippen LogP contribution in [-0.4, -0.2) is 0 Å². The van der Waals surface area contributed by atoms with E-state index in [4.69, 9.17) is 0 Å². The minimum atomic E-state index is 0.0675. The third-order valence-electron chi connectivity index (χ3n) is 12.3. The summed E-state index contributed by atoms with van der Waals surface area (Å²) in [6, 6.07) is 36.7. The molecule has 4 aliphatic rings. The van der Waals surface area contributed by atoms with E-state index in [0.717, 1.165) is 11.4 Å². The Bertz CT molecular complexity index is 2490. The lowest BCUT2D eigenvalue weighted by Crippen LogP contribution is -2.31. The van der Waals surface area contributed by atoms with Gasteiger partial charge in [-0.15, -0.1) is 0 Å². The molecule has 55 heavy (non-hydrogen) atoms. The predicted molar refractivity (Wildman–Crippen MR) is 238 cm³/mol. The van der Waals surface area contributed by atoms with Gasteiger partial charge in [0.2, 0.25) is 0 Å². The predicted octanol–water partition coefficient (Wildman–Crippen LogP) is 15.0. The normalized spacial score (nSPS) is 19.2. The van der Waals surface area contributed by atoms with E-state index in [1.165, 1.54) is 77.4 Å². The lowest BCUT2D eigenvalue weighted by atomic mass is 9.61. The number of hydrogen-bond donors (Lipinski definition) is 0. The molecule has 2 unspecified atom stereocenters. The molecule has 0 heterocycles. The van der Waals surface area contributed by atoms with E-state index in [0.29, 0.717) is 11.8 Å². The van der Waals surface area contributed by atoms with E-state index in [-0.39, 0.29) is 16.2 Å². The molecule has 1 nitrogen and oxygen atoms in total. The molecule has 0 spiro atoms. The van der Waals surface area contributed by atoms with Crippen molar-refractivity contribution in [3.63, 3.8) is 0 Å². The van der Waals surface area contributed by atoms with E-state index in [1.807, 2.05) is 0 Å². The number of rotatable bonds is 4. The minimum absolute atomic E-state index is 0.0675. The van der Waals surface area contributed by atoms with Gasteiger partial charge in [-0.25, -0.2) is 0 Å². The van der Waals surface area contributed by atoms with Crippen LogP contribution in [0.4, 0.5) is 17.1 Å². The molecule has 0 aliphatic heterocycles. The van der Waals surface area contributed by atoms with E-state index in [9.17, 15) is 0 Å². The molecule has 1 heteroatoms. The lowest BCUT2D eigenvalue weighted by Gasteiger charge is -2.43. The zero-order valence-electron chi connectivity index (χ0n) is 34.0. The summed E-state index contributed by atoms with van der Waals surface area (Å²) in [6.07, 6.45) is 19.3. The highest BCUT2D eigenvalue weighted by Crippen LogP contribution is 2.56. The Kier molecular flexibility index (Phi) is 8.07. The van der Waals surface area contributed by atoms with Crippen LogP contribution < -0.4 is 4.90 Å². The summed E-state index contributed by atoms with van der Waals surface area (Å²) in [6.45, 7) is 20.7. The van der Waals surface area contributed by atoms with Crippen molar-refractivity contribution in [1.82, 2.24) is 0 Å². The first-order valence-electron chi connectivity index (χ1n) is 20.1. The van der Waals surface area contributed by atoms with Crippen molar-refractivity contribution in [2.24, 2.45) is 17.3 Å². The molecule has 5 aromatic rings. The maximum Gasteiger partial charge on any atom is 0.0618 e. The standard InChI is InChI=1S/C54H53N/c1-52(2,3)37-22-26-40(27-23-37)55(41-28-24-38(25-29-41)53(4,5)6)51-46-16-12-10-14-42(46)50(43-15-11-13-17-47(43)51)45-30-20-34-18-19-35-32-39(54(7,8)9)33-36-21-31-44(45)49(34)48(35)36/h10-33,48-49H,1-9H3. The Hall–Kier alpha value is -5.40. The molecule has 4 aliphatic carbocycles. The SMILES string of the molecule is CC(C)(C)C1=CC2=CC=C3C(c4c5ccccc5c(N(c5ccc(C(C)(C)C)cc5)c5ccc(C(C)(C)C)cc5)c5ccccc45)=CC=C4C=CC(=C1)C2C43. The largest absolute Gasteiger partial charge is 0.309 e. The smallest absolute Gasteiger partial charge is 0.0618 e. The Morgan fingerprint density at radius 2 is 0.927 bits per heavy atom. The van der Waals surface area contributed by atoms with Crippen molar-refractivity contribution in [3.8, 4) is 0 Å². The van der Waals surface area contributed by atoms with Crippen molar-refractivity contribution in [1.29, 1.82) is 0 Å². The van der Waals surface area contributed by atoms with Crippen molar-refractivity contribution < 1.29 is 0 Å². The van der Waals surface area contributed by atoms with Crippen LogP contribution in [0.1, 0.15) is 79.0 Å². The maximum absolute atomic E-state index is 2.50. The molecule has 0 radical (unpaired) electrons. The Morgan fingerprint density at radius 3 is 1.44 bits per heavy atom. The number of nitrogens with zero attached hydrogens (tertiary/aromatic N) is 1. The summed E-state index contributed by atoms with van der Waals surface area (Å²) in [5, 5.41) is 5.05. The van der Waals surface area contributed by atoms with Crippen LogP contribution in [0.15, 0.2) is 174 Å². The van der Waals surface area contributed by atoms with Gasteiger partial charge in [-0.3, -0.25) is 0 Å². The number of anilines is 3. The first-order chi connectivity index (χ1) is 26.2. The van der Waals surface area contributed by atoms with Crippen LogP contribution in [0.25, 0.3) is 27.1 Å². The molecule has 0 saturated carbocycles. The second kappa shape index (κ2) is 12.6. The van der Waals surface area contributed by atoms with Gasteiger partial charge in [-0.05, 0) is 101 Å². The summed E-state index contributed by atoms with van der Waals surface area (Å²) in [5.41, 5.74) is 16.2. The van der Waals surface area contributed by atoms with Crippen molar-refractivity contribution >= 4 is 44.2 Å². The van der Waals surface area contributed by atoms with Crippen LogP contribution >= 0.6 is 0 Å². The van der Waals surface area contributed by atoms with E-state index < -0.39 is 0 Å². The van der Waals surface area contributed by atoms with E-state index >= 15 is 0 Å². The Labute approximate surface area is 328 Å². The second-order valence-corrected chi connectivity index (χ2v) is 19.1. The molecule has 2 atom stereocenters. The summed E-state index contributed by atoms with van der Waals surface area (Å²) >= 11 is 0. The lowest BCUT2D eigenvalue weighted by molar-refractivity contribution is 0.500. The van der Waals surface area contributed by atoms with Crippen LogP contribution in [0.5, 0.6) is 0 Å². The number of allylic oxidation sites excluding steroid dienone is 14. The molecule has 274 valence electrons.